The molecular weight excluding hydrogens is 366 g/mol. The predicted octanol–water partition coefficient (Wildman–Crippen LogP) is 1.78. The Labute approximate surface area is 171 Å². The van der Waals surface area contributed by atoms with Gasteiger partial charge < -0.3 is 20.9 Å². The van der Waals surface area contributed by atoms with Crippen LogP contribution in [0, 0.1) is 0 Å². The molecule has 1 aliphatic rings. The summed E-state index contributed by atoms with van der Waals surface area (Å²) in [4.78, 5) is 30.7. The average Bonchev–Trinajstić information content (AvgIpc) is 3.12. The Bertz CT molecular complexity index is 839. The minimum Gasteiger partial charge on any atom is -0.357 e. The Morgan fingerprint density at radius 2 is 1.76 bits per heavy atom. The Morgan fingerprint density at radius 1 is 1.07 bits per heavy atom. The zero-order valence-corrected chi connectivity index (χ0v) is 16.6. The second kappa shape index (κ2) is 10.3. The van der Waals surface area contributed by atoms with Crippen molar-refractivity contribution in [3.8, 4) is 0 Å². The fourth-order valence-electron chi connectivity index (χ4n) is 3.20. The molecule has 152 valence electrons. The number of guanidine groups is 1. The summed E-state index contributed by atoms with van der Waals surface area (Å²) in [7, 11) is 0. The van der Waals surface area contributed by atoms with Gasteiger partial charge >= 0.3 is 0 Å². The van der Waals surface area contributed by atoms with E-state index in [-0.39, 0.29) is 17.9 Å². The average molecular weight is 393 g/mol. The normalized spacial score (nSPS) is 16.6. The van der Waals surface area contributed by atoms with Gasteiger partial charge in [-0.1, -0.05) is 36.4 Å². The molecule has 7 nitrogen and oxygen atoms in total. The number of nitrogens with one attached hydrogen (secondary N) is 3. The monoisotopic (exact) mass is 393 g/mol. The third kappa shape index (κ3) is 5.81. The molecule has 2 aromatic rings. The quantitative estimate of drug-likeness (QED) is 0.380. The van der Waals surface area contributed by atoms with E-state index >= 15 is 0 Å². The van der Waals surface area contributed by atoms with Crippen molar-refractivity contribution in [2.24, 2.45) is 4.99 Å². The number of anilines is 1. The van der Waals surface area contributed by atoms with Crippen LogP contribution in [-0.4, -0.2) is 50.0 Å². The van der Waals surface area contributed by atoms with E-state index in [9.17, 15) is 9.59 Å². The molecule has 3 rings (SSSR count). The van der Waals surface area contributed by atoms with Crippen molar-refractivity contribution in [3.05, 3.63) is 66.2 Å². The maximum Gasteiger partial charge on any atom is 0.251 e. The molecule has 29 heavy (non-hydrogen) atoms. The summed E-state index contributed by atoms with van der Waals surface area (Å²) < 4.78 is 0. The van der Waals surface area contributed by atoms with Gasteiger partial charge in [0.05, 0.1) is 12.6 Å². The number of hydrogen-bond donors (Lipinski definition) is 3. The van der Waals surface area contributed by atoms with Crippen LogP contribution in [0.15, 0.2) is 65.7 Å². The molecule has 1 atom stereocenters. The number of hydrogen-bond acceptors (Lipinski definition) is 3. The Morgan fingerprint density at radius 3 is 2.45 bits per heavy atom. The molecule has 0 radical (unpaired) electrons. The van der Waals surface area contributed by atoms with Gasteiger partial charge in [0.1, 0.15) is 0 Å². The van der Waals surface area contributed by atoms with Crippen LogP contribution in [0.5, 0.6) is 0 Å². The molecular formula is C22H27N5O2. The molecule has 1 fully saturated rings. The maximum absolute atomic E-state index is 12.4. The number of para-hydroxylation sites is 1. The summed E-state index contributed by atoms with van der Waals surface area (Å²) in [6.45, 7) is 4.18. The third-order valence-corrected chi connectivity index (χ3v) is 4.58. The number of benzene rings is 2. The molecule has 2 aromatic carbocycles. The van der Waals surface area contributed by atoms with Crippen LogP contribution in [0.4, 0.5) is 5.69 Å². The lowest BCUT2D eigenvalue weighted by molar-refractivity contribution is -0.117. The number of carbonyl (C=O) groups excluding carboxylic acids is 2. The number of aliphatic imine (C=N–C) groups is 1. The Kier molecular flexibility index (Phi) is 7.22. The fourth-order valence-corrected chi connectivity index (χ4v) is 3.20. The van der Waals surface area contributed by atoms with Crippen LogP contribution in [-0.2, 0) is 4.79 Å². The van der Waals surface area contributed by atoms with Gasteiger partial charge in [0.25, 0.3) is 5.91 Å². The zero-order valence-electron chi connectivity index (χ0n) is 16.6. The van der Waals surface area contributed by atoms with E-state index in [0.29, 0.717) is 44.1 Å². The SMILES string of the molecule is CCNC(=NCCNC(=O)c1ccccc1)NC1CC(=O)N(c2ccccc2)C1. The lowest BCUT2D eigenvalue weighted by atomic mass is 10.2. The van der Waals surface area contributed by atoms with Gasteiger partial charge in [-0.25, -0.2) is 0 Å². The van der Waals surface area contributed by atoms with Crippen molar-refractivity contribution in [2.45, 2.75) is 19.4 Å². The van der Waals surface area contributed by atoms with Gasteiger partial charge in [0.15, 0.2) is 5.96 Å². The molecule has 1 heterocycles. The highest BCUT2D eigenvalue weighted by Crippen LogP contribution is 2.20. The summed E-state index contributed by atoms with van der Waals surface area (Å²) in [5, 5.41) is 9.39. The minimum atomic E-state index is -0.112. The van der Waals surface area contributed by atoms with Crippen molar-refractivity contribution < 1.29 is 9.59 Å². The highest BCUT2D eigenvalue weighted by molar-refractivity contribution is 5.97. The van der Waals surface area contributed by atoms with Gasteiger partial charge in [-0.2, -0.15) is 0 Å². The summed E-state index contributed by atoms with van der Waals surface area (Å²) in [5.41, 5.74) is 1.54. The largest absolute Gasteiger partial charge is 0.357 e. The summed E-state index contributed by atoms with van der Waals surface area (Å²) in [6, 6.07) is 18.8. The van der Waals surface area contributed by atoms with Crippen molar-refractivity contribution in [3.63, 3.8) is 0 Å². The molecule has 0 saturated carbocycles. The topological polar surface area (TPSA) is 85.8 Å². The smallest absolute Gasteiger partial charge is 0.251 e. The lowest BCUT2D eigenvalue weighted by Crippen LogP contribution is -2.45. The lowest BCUT2D eigenvalue weighted by Gasteiger charge is -2.19. The predicted molar refractivity (Wildman–Crippen MR) is 115 cm³/mol. The fraction of sp³-hybridized carbons (Fsp3) is 0.318. The second-order valence-corrected chi connectivity index (χ2v) is 6.77. The van der Waals surface area contributed by atoms with Crippen molar-refractivity contribution >= 4 is 23.5 Å². The van der Waals surface area contributed by atoms with Crippen LogP contribution in [0.2, 0.25) is 0 Å². The number of carbonyl (C=O) groups is 2. The molecule has 1 unspecified atom stereocenters. The van der Waals surface area contributed by atoms with Gasteiger partial charge in [0.2, 0.25) is 5.91 Å². The molecule has 1 saturated heterocycles. The molecule has 0 spiro atoms. The van der Waals surface area contributed by atoms with E-state index in [4.69, 9.17) is 0 Å². The van der Waals surface area contributed by atoms with Gasteiger partial charge in [0, 0.05) is 37.3 Å². The van der Waals surface area contributed by atoms with Crippen LogP contribution in [0.3, 0.4) is 0 Å². The van der Waals surface area contributed by atoms with Crippen LogP contribution < -0.4 is 20.9 Å². The Balaban J connectivity index is 1.50. The zero-order chi connectivity index (χ0) is 20.5. The third-order valence-electron chi connectivity index (χ3n) is 4.58. The molecule has 7 heteroatoms. The van der Waals surface area contributed by atoms with E-state index in [0.717, 1.165) is 5.69 Å². The molecule has 1 aliphatic heterocycles. The molecule has 2 amide bonds. The van der Waals surface area contributed by atoms with Crippen molar-refractivity contribution in [1.82, 2.24) is 16.0 Å². The van der Waals surface area contributed by atoms with E-state index in [1.165, 1.54) is 0 Å². The highest BCUT2D eigenvalue weighted by Gasteiger charge is 2.30. The van der Waals surface area contributed by atoms with Crippen LogP contribution in [0.1, 0.15) is 23.7 Å². The number of amides is 2. The summed E-state index contributed by atoms with van der Waals surface area (Å²) in [6.07, 6.45) is 0.421. The molecule has 0 aromatic heterocycles. The first kappa shape index (κ1) is 20.4. The first-order valence-corrected chi connectivity index (χ1v) is 9.91. The van der Waals surface area contributed by atoms with E-state index in [1.54, 1.807) is 17.0 Å². The van der Waals surface area contributed by atoms with Crippen molar-refractivity contribution in [1.29, 1.82) is 0 Å². The maximum atomic E-state index is 12.4. The van der Waals surface area contributed by atoms with Gasteiger partial charge in [-0.3, -0.25) is 14.6 Å². The standard InChI is InChI=1S/C22H27N5O2/c1-2-23-22(25-14-13-24-21(29)17-9-5-3-6-10-17)26-18-15-20(28)27(16-18)19-11-7-4-8-12-19/h3-12,18H,2,13-16H2,1H3,(H,24,29)(H2,23,25,26). The molecule has 3 N–H and O–H groups in total. The first-order chi connectivity index (χ1) is 14.2. The van der Waals surface area contributed by atoms with Gasteiger partial charge in [-0.15, -0.1) is 0 Å². The van der Waals surface area contributed by atoms with E-state index in [2.05, 4.69) is 20.9 Å². The summed E-state index contributed by atoms with van der Waals surface area (Å²) >= 11 is 0. The van der Waals surface area contributed by atoms with Crippen molar-refractivity contribution in [2.75, 3.05) is 31.1 Å². The molecule has 0 bridgehead atoms. The number of rotatable bonds is 7. The summed E-state index contributed by atoms with van der Waals surface area (Å²) in [5.74, 6) is 0.632. The van der Waals surface area contributed by atoms with Gasteiger partial charge in [-0.05, 0) is 31.2 Å². The van der Waals surface area contributed by atoms with Crippen LogP contribution >= 0.6 is 0 Å². The van der Waals surface area contributed by atoms with E-state index in [1.807, 2.05) is 55.5 Å². The first-order valence-electron chi connectivity index (χ1n) is 9.91. The minimum absolute atomic E-state index is 0.0144. The number of nitrogens with zero attached hydrogens (tertiary/aromatic N) is 2. The highest BCUT2D eigenvalue weighted by atomic mass is 16.2. The second-order valence-electron chi connectivity index (χ2n) is 6.77. The van der Waals surface area contributed by atoms with E-state index < -0.39 is 0 Å². The van der Waals surface area contributed by atoms with Crippen LogP contribution in [0.25, 0.3) is 0 Å². The molecule has 0 aliphatic carbocycles. The Hall–Kier alpha value is -3.35.